The summed E-state index contributed by atoms with van der Waals surface area (Å²) in [7, 11) is 0. The van der Waals surface area contributed by atoms with Crippen molar-refractivity contribution >= 4 is 17.7 Å². The summed E-state index contributed by atoms with van der Waals surface area (Å²) in [5.41, 5.74) is 0.0996. The van der Waals surface area contributed by atoms with E-state index in [9.17, 15) is 14.0 Å². The number of nitrogens with zero attached hydrogens (tertiary/aromatic N) is 2. The molecule has 0 unspecified atom stereocenters. The van der Waals surface area contributed by atoms with E-state index < -0.39 is 5.82 Å². The van der Waals surface area contributed by atoms with Gasteiger partial charge in [-0.25, -0.2) is 9.18 Å². The third-order valence-electron chi connectivity index (χ3n) is 3.42. The molecule has 114 valence electrons. The molecule has 1 aromatic rings. The number of piperidine rings is 1. The Hall–Kier alpha value is -2.18. The molecule has 1 aliphatic rings. The van der Waals surface area contributed by atoms with Crippen molar-refractivity contribution in [2.75, 3.05) is 25.0 Å². The lowest BCUT2D eigenvalue weighted by Gasteiger charge is -2.30. The molecule has 0 spiro atoms. The Balaban J connectivity index is 1.86. The van der Waals surface area contributed by atoms with Crippen LogP contribution in [-0.2, 0) is 9.53 Å². The molecular weight excluding hydrogens is 277 g/mol. The molecule has 1 saturated heterocycles. The second-order valence-corrected chi connectivity index (χ2v) is 4.80. The first-order valence-electron chi connectivity index (χ1n) is 6.94. The smallest absolute Gasteiger partial charge is 0.321 e. The number of amides is 2. The van der Waals surface area contributed by atoms with Gasteiger partial charge in [0.25, 0.3) is 0 Å². The number of carbonyl (C=O) groups is 2. The Kier molecular flexibility index (Phi) is 5.08. The summed E-state index contributed by atoms with van der Waals surface area (Å²) in [6.07, 6.45) is 3.57. The zero-order valence-corrected chi connectivity index (χ0v) is 11.8. The molecule has 2 rings (SSSR count). The number of ether oxygens (including phenoxy) is 1. The van der Waals surface area contributed by atoms with Gasteiger partial charge in [0, 0.05) is 19.3 Å². The average Bonchev–Trinajstić information content (AvgIpc) is 2.50. The highest BCUT2D eigenvalue weighted by Gasteiger charge is 2.28. The SMILES string of the molecule is CCOC(=O)C1CCN(C(=O)Nc2ccncc2F)CC1. The van der Waals surface area contributed by atoms with Gasteiger partial charge in [-0.3, -0.25) is 9.78 Å². The lowest BCUT2D eigenvalue weighted by Crippen LogP contribution is -2.42. The minimum absolute atomic E-state index is 0.0996. The first kappa shape index (κ1) is 15.2. The van der Waals surface area contributed by atoms with Crippen LogP contribution >= 0.6 is 0 Å². The molecule has 2 amide bonds. The fraction of sp³-hybridized carbons (Fsp3) is 0.500. The van der Waals surface area contributed by atoms with E-state index in [1.54, 1.807) is 11.8 Å². The maximum Gasteiger partial charge on any atom is 0.321 e. The molecule has 0 aliphatic carbocycles. The lowest BCUT2D eigenvalue weighted by atomic mass is 9.97. The Morgan fingerprint density at radius 2 is 2.19 bits per heavy atom. The topological polar surface area (TPSA) is 71.5 Å². The molecule has 1 N–H and O–H groups in total. The number of nitrogens with one attached hydrogen (secondary N) is 1. The molecule has 0 saturated carbocycles. The van der Waals surface area contributed by atoms with Gasteiger partial charge in [0.05, 0.1) is 24.4 Å². The van der Waals surface area contributed by atoms with Crippen molar-refractivity contribution in [2.45, 2.75) is 19.8 Å². The van der Waals surface area contributed by atoms with Crippen LogP contribution in [0.1, 0.15) is 19.8 Å². The van der Waals surface area contributed by atoms with Gasteiger partial charge in [0.15, 0.2) is 5.82 Å². The van der Waals surface area contributed by atoms with Crippen molar-refractivity contribution in [1.29, 1.82) is 0 Å². The summed E-state index contributed by atoms with van der Waals surface area (Å²) in [5, 5.41) is 2.50. The number of pyridine rings is 1. The number of urea groups is 1. The third-order valence-corrected chi connectivity index (χ3v) is 3.42. The van der Waals surface area contributed by atoms with Crippen LogP contribution in [0.25, 0.3) is 0 Å². The van der Waals surface area contributed by atoms with Gasteiger partial charge >= 0.3 is 12.0 Å². The van der Waals surface area contributed by atoms with Crippen LogP contribution in [0.15, 0.2) is 18.5 Å². The van der Waals surface area contributed by atoms with Gasteiger partial charge < -0.3 is 15.0 Å². The summed E-state index contributed by atoms with van der Waals surface area (Å²) in [4.78, 5) is 28.8. The maximum atomic E-state index is 13.4. The highest BCUT2D eigenvalue weighted by atomic mass is 19.1. The summed E-state index contributed by atoms with van der Waals surface area (Å²) in [6.45, 7) is 3.02. The summed E-state index contributed by atoms with van der Waals surface area (Å²) in [5.74, 6) is -0.948. The number of anilines is 1. The molecule has 2 heterocycles. The Morgan fingerprint density at radius 1 is 1.48 bits per heavy atom. The van der Waals surface area contributed by atoms with Crippen molar-refractivity contribution in [3.8, 4) is 0 Å². The van der Waals surface area contributed by atoms with E-state index in [1.165, 1.54) is 12.3 Å². The van der Waals surface area contributed by atoms with E-state index >= 15 is 0 Å². The third kappa shape index (κ3) is 3.90. The van der Waals surface area contributed by atoms with Gasteiger partial charge in [-0.05, 0) is 25.8 Å². The largest absolute Gasteiger partial charge is 0.466 e. The number of halogens is 1. The van der Waals surface area contributed by atoms with Gasteiger partial charge in [-0.1, -0.05) is 0 Å². The van der Waals surface area contributed by atoms with Crippen molar-refractivity contribution < 1.29 is 18.7 Å². The summed E-state index contributed by atoms with van der Waals surface area (Å²) >= 11 is 0. The zero-order chi connectivity index (χ0) is 15.2. The highest BCUT2D eigenvalue weighted by molar-refractivity contribution is 5.89. The minimum Gasteiger partial charge on any atom is -0.466 e. The van der Waals surface area contributed by atoms with Crippen LogP contribution in [0.5, 0.6) is 0 Å². The van der Waals surface area contributed by atoms with Crippen molar-refractivity contribution in [3.05, 3.63) is 24.3 Å². The highest BCUT2D eigenvalue weighted by Crippen LogP contribution is 2.20. The standard InChI is InChI=1S/C14H18FN3O3/c1-2-21-13(19)10-4-7-18(8-5-10)14(20)17-12-3-6-16-9-11(12)15/h3,6,9-10H,2,4-5,7-8H2,1H3,(H,16,17,20). The van der Waals surface area contributed by atoms with Crippen LogP contribution in [0.2, 0.25) is 0 Å². The Labute approximate surface area is 122 Å². The second kappa shape index (κ2) is 7.01. The van der Waals surface area contributed by atoms with E-state index in [4.69, 9.17) is 4.74 Å². The fourth-order valence-electron chi connectivity index (χ4n) is 2.25. The minimum atomic E-state index is -0.577. The maximum absolute atomic E-state index is 13.4. The number of hydrogen-bond acceptors (Lipinski definition) is 4. The number of esters is 1. The first-order valence-corrected chi connectivity index (χ1v) is 6.94. The van der Waals surface area contributed by atoms with E-state index in [1.807, 2.05) is 0 Å². The molecule has 0 aromatic carbocycles. The van der Waals surface area contributed by atoms with Crippen molar-refractivity contribution in [1.82, 2.24) is 9.88 Å². The van der Waals surface area contributed by atoms with Crippen molar-refractivity contribution in [2.24, 2.45) is 5.92 Å². The van der Waals surface area contributed by atoms with Crippen LogP contribution in [0, 0.1) is 11.7 Å². The number of carbonyl (C=O) groups excluding carboxylic acids is 2. The van der Waals surface area contributed by atoms with E-state index in [0.717, 1.165) is 6.20 Å². The number of aromatic nitrogens is 1. The predicted molar refractivity (Wildman–Crippen MR) is 74.1 cm³/mol. The Bertz CT molecular complexity index is 516. The molecule has 7 heteroatoms. The fourth-order valence-corrected chi connectivity index (χ4v) is 2.25. The molecule has 0 radical (unpaired) electrons. The molecule has 1 aromatic heterocycles. The number of hydrogen-bond donors (Lipinski definition) is 1. The first-order chi connectivity index (χ1) is 10.1. The molecule has 1 aliphatic heterocycles. The molecule has 0 bridgehead atoms. The Morgan fingerprint density at radius 3 is 2.81 bits per heavy atom. The van der Waals surface area contributed by atoms with Crippen LogP contribution in [0.4, 0.5) is 14.9 Å². The van der Waals surface area contributed by atoms with Gasteiger partial charge in [-0.15, -0.1) is 0 Å². The van der Waals surface area contributed by atoms with Gasteiger partial charge in [-0.2, -0.15) is 0 Å². The van der Waals surface area contributed by atoms with Gasteiger partial charge in [0.1, 0.15) is 0 Å². The summed E-state index contributed by atoms with van der Waals surface area (Å²) < 4.78 is 18.4. The summed E-state index contributed by atoms with van der Waals surface area (Å²) in [6, 6.07) is 1.03. The number of likely N-dealkylation sites (tertiary alicyclic amines) is 1. The zero-order valence-electron chi connectivity index (χ0n) is 11.8. The van der Waals surface area contributed by atoms with Crippen LogP contribution < -0.4 is 5.32 Å². The number of rotatable bonds is 3. The lowest BCUT2D eigenvalue weighted by molar-refractivity contribution is -0.149. The predicted octanol–water partition coefficient (Wildman–Crippen LogP) is 2.03. The second-order valence-electron chi connectivity index (χ2n) is 4.80. The van der Waals surface area contributed by atoms with E-state index in [-0.39, 0.29) is 23.6 Å². The quantitative estimate of drug-likeness (QED) is 0.866. The van der Waals surface area contributed by atoms with Crippen LogP contribution in [0.3, 0.4) is 0 Å². The average molecular weight is 295 g/mol. The molecular formula is C14H18FN3O3. The van der Waals surface area contributed by atoms with Crippen molar-refractivity contribution in [3.63, 3.8) is 0 Å². The molecule has 21 heavy (non-hydrogen) atoms. The molecule has 1 fully saturated rings. The molecule has 0 atom stereocenters. The van der Waals surface area contributed by atoms with Crippen LogP contribution in [-0.4, -0.2) is 41.6 Å². The monoisotopic (exact) mass is 295 g/mol. The van der Waals surface area contributed by atoms with Gasteiger partial charge in [0.2, 0.25) is 0 Å². The van der Waals surface area contributed by atoms with E-state index in [2.05, 4.69) is 10.3 Å². The normalized spacial score (nSPS) is 15.6. The van der Waals surface area contributed by atoms with E-state index in [0.29, 0.717) is 32.5 Å². The molecule has 6 nitrogen and oxygen atoms in total.